The predicted molar refractivity (Wildman–Crippen MR) is 106 cm³/mol. The van der Waals surface area contributed by atoms with Crippen LogP contribution in [0.5, 0.6) is 0 Å². The van der Waals surface area contributed by atoms with Crippen molar-refractivity contribution >= 4 is 17.6 Å². The molecular weight excluding hydrogens is 357 g/mol. The SMILES string of the molecule is Cc1ccc(C)c(NC(=O)[C@H](OC(=O)c2ccccc2F)c2ccccc2)c1. The lowest BCUT2D eigenvalue weighted by Crippen LogP contribution is -2.26. The van der Waals surface area contributed by atoms with Crippen LogP contribution < -0.4 is 5.32 Å². The average molecular weight is 377 g/mol. The summed E-state index contributed by atoms with van der Waals surface area (Å²) in [5, 5.41) is 2.81. The van der Waals surface area contributed by atoms with Crippen molar-refractivity contribution in [2.45, 2.75) is 20.0 Å². The Labute approximate surface area is 163 Å². The second-order valence-corrected chi connectivity index (χ2v) is 6.48. The molecule has 1 N–H and O–H groups in total. The molecule has 0 aliphatic carbocycles. The predicted octanol–water partition coefficient (Wildman–Crippen LogP) is 4.98. The van der Waals surface area contributed by atoms with E-state index < -0.39 is 23.8 Å². The van der Waals surface area contributed by atoms with Crippen LogP contribution in [0.4, 0.5) is 10.1 Å². The van der Waals surface area contributed by atoms with Crippen LogP contribution in [0.2, 0.25) is 0 Å². The van der Waals surface area contributed by atoms with E-state index in [2.05, 4.69) is 5.32 Å². The van der Waals surface area contributed by atoms with Gasteiger partial charge in [0.1, 0.15) is 5.82 Å². The number of hydrogen-bond donors (Lipinski definition) is 1. The number of nitrogens with one attached hydrogen (secondary N) is 1. The Hall–Kier alpha value is -3.47. The number of anilines is 1. The first-order valence-electron chi connectivity index (χ1n) is 8.84. The van der Waals surface area contributed by atoms with Crippen LogP contribution in [-0.4, -0.2) is 11.9 Å². The summed E-state index contributed by atoms with van der Waals surface area (Å²) in [7, 11) is 0. The summed E-state index contributed by atoms with van der Waals surface area (Å²) in [5.74, 6) is -2.11. The molecule has 5 heteroatoms. The van der Waals surface area contributed by atoms with Gasteiger partial charge in [0.25, 0.3) is 5.91 Å². The van der Waals surface area contributed by atoms with Crippen molar-refractivity contribution < 1.29 is 18.7 Å². The molecule has 0 aliphatic heterocycles. The summed E-state index contributed by atoms with van der Waals surface area (Å²) in [6.45, 7) is 3.79. The van der Waals surface area contributed by atoms with Gasteiger partial charge >= 0.3 is 5.97 Å². The van der Waals surface area contributed by atoms with E-state index in [0.717, 1.165) is 11.1 Å². The summed E-state index contributed by atoms with van der Waals surface area (Å²) in [6, 6.07) is 19.8. The Morgan fingerprint density at radius 3 is 2.32 bits per heavy atom. The Kier molecular flexibility index (Phi) is 5.84. The minimum Gasteiger partial charge on any atom is -0.444 e. The number of carbonyl (C=O) groups is 2. The Bertz CT molecular complexity index is 1000. The van der Waals surface area contributed by atoms with Gasteiger partial charge in [0, 0.05) is 11.3 Å². The topological polar surface area (TPSA) is 55.4 Å². The molecule has 0 saturated carbocycles. The van der Waals surface area contributed by atoms with Gasteiger partial charge in [0.2, 0.25) is 6.10 Å². The fourth-order valence-electron chi connectivity index (χ4n) is 2.77. The second kappa shape index (κ2) is 8.48. The average Bonchev–Trinajstić information content (AvgIpc) is 2.69. The molecule has 0 radical (unpaired) electrons. The molecule has 3 aromatic carbocycles. The number of carbonyl (C=O) groups excluding carboxylic acids is 2. The molecule has 28 heavy (non-hydrogen) atoms. The number of rotatable bonds is 5. The van der Waals surface area contributed by atoms with Gasteiger partial charge in [0.15, 0.2) is 0 Å². The van der Waals surface area contributed by atoms with E-state index >= 15 is 0 Å². The monoisotopic (exact) mass is 377 g/mol. The maximum absolute atomic E-state index is 13.9. The van der Waals surface area contributed by atoms with E-state index in [0.29, 0.717) is 11.3 Å². The summed E-state index contributed by atoms with van der Waals surface area (Å²) >= 11 is 0. The number of halogens is 1. The molecule has 0 heterocycles. The second-order valence-electron chi connectivity index (χ2n) is 6.48. The molecule has 3 aromatic rings. The molecular formula is C23H20FNO3. The largest absolute Gasteiger partial charge is 0.444 e. The zero-order valence-electron chi connectivity index (χ0n) is 15.6. The Balaban J connectivity index is 1.89. The first kappa shape index (κ1) is 19.3. The molecule has 0 unspecified atom stereocenters. The summed E-state index contributed by atoms with van der Waals surface area (Å²) in [5.41, 5.74) is 2.78. The van der Waals surface area contributed by atoms with E-state index in [-0.39, 0.29) is 5.56 Å². The summed E-state index contributed by atoms with van der Waals surface area (Å²) in [6.07, 6.45) is -1.21. The van der Waals surface area contributed by atoms with Gasteiger partial charge in [-0.05, 0) is 43.2 Å². The molecule has 1 amide bonds. The summed E-state index contributed by atoms with van der Waals surface area (Å²) < 4.78 is 19.4. The number of aryl methyl sites for hydroxylation is 2. The number of esters is 1. The number of benzene rings is 3. The van der Waals surface area contributed by atoms with Gasteiger partial charge in [-0.1, -0.05) is 54.6 Å². The molecule has 0 spiro atoms. The molecule has 0 saturated heterocycles. The van der Waals surface area contributed by atoms with Gasteiger partial charge in [-0.15, -0.1) is 0 Å². The quantitative estimate of drug-likeness (QED) is 0.638. The van der Waals surface area contributed by atoms with Crippen LogP contribution in [0.3, 0.4) is 0 Å². The normalized spacial score (nSPS) is 11.5. The van der Waals surface area contributed by atoms with Gasteiger partial charge in [-0.25, -0.2) is 9.18 Å². The van der Waals surface area contributed by atoms with E-state index in [1.807, 2.05) is 32.0 Å². The smallest absolute Gasteiger partial charge is 0.342 e. The molecule has 1 atom stereocenters. The van der Waals surface area contributed by atoms with Crippen molar-refractivity contribution in [1.29, 1.82) is 0 Å². The van der Waals surface area contributed by atoms with Crippen LogP contribution in [0, 0.1) is 19.7 Å². The van der Waals surface area contributed by atoms with E-state index in [4.69, 9.17) is 4.74 Å². The zero-order valence-corrected chi connectivity index (χ0v) is 15.6. The van der Waals surface area contributed by atoms with Crippen LogP contribution in [0.1, 0.15) is 33.2 Å². The number of ether oxygens (including phenoxy) is 1. The highest BCUT2D eigenvalue weighted by Crippen LogP contribution is 2.24. The molecule has 0 aromatic heterocycles. The van der Waals surface area contributed by atoms with Crippen LogP contribution >= 0.6 is 0 Å². The molecule has 4 nitrogen and oxygen atoms in total. The zero-order chi connectivity index (χ0) is 20.1. The van der Waals surface area contributed by atoms with Crippen molar-refractivity contribution in [3.8, 4) is 0 Å². The summed E-state index contributed by atoms with van der Waals surface area (Å²) in [4.78, 5) is 25.4. The standard InChI is InChI=1S/C23H20FNO3/c1-15-12-13-16(2)20(14-15)25-22(26)21(17-8-4-3-5-9-17)28-23(27)18-10-6-7-11-19(18)24/h3-14,21H,1-2H3,(H,25,26)/t21-/m1/s1. The minimum absolute atomic E-state index is 0.219. The molecule has 0 bridgehead atoms. The highest BCUT2D eigenvalue weighted by Gasteiger charge is 2.27. The maximum atomic E-state index is 13.9. The molecule has 3 rings (SSSR count). The molecule has 142 valence electrons. The third kappa shape index (κ3) is 4.43. The highest BCUT2D eigenvalue weighted by molar-refractivity contribution is 5.98. The van der Waals surface area contributed by atoms with Gasteiger partial charge < -0.3 is 10.1 Å². The highest BCUT2D eigenvalue weighted by atomic mass is 19.1. The fraction of sp³-hybridized carbons (Fsp3) is 0.130. The van der Waals surface area contributed by atoms with E-state index in [9.17, 15) is 14.0 Å². The number of hydrogen-bond acceptors (Lipinski definition) is 3. The van der Waals surface area contributed by atoms with Crippen LogP contribution in [0.15, 0.2) is 72.8 Å². The van der Waals surface area contributed by atoms with Crippen LogP contribution in [0.25, 0.3) is 0 Å². The van der Waals surface area contributed by atoms with Crippen molar-refractivity contribution in [1.82, 2.24) is 0 Å². The maximum Gasteiger partial charge on any atom is 0.342 e. The molecule has 0 aliphatic rings. The van der Waals surface area contributed by atoms with Gasteiger partial charge in [-0.3, -0.25) is 4.79 Å². The van der Waals surface area contributed by atoms with E-state index in [1.54, 1.807) is 30.3 Å². The van der Waals surface area contributed by atoms with E-state index in [1.165, 1.54) is 24.3 Å². The van der Waals surface area contributed by atoms with Crippen LogP contribution in [-0.2, 0) is 9.53 Å². The first-order valence-corrected chi connectivity index (χ1v) is 8.84. The lowest BCUT2D eigenvalue weighted by Gasteiger charge is -2.19. The first-order chi connectivity index (χ1) is 13.5. The fourth-order valence-corrected chi connectivity index (χ4v) is 2.77. The lowest BCUT2D eigenvalue weighted by atomic mass is 10.1. The lowest BCUT2D eigenvalue weighted by molar-refractivity contribution is -0.125. The number of amides is 1. The Morgan fingerprint density at radius 1 is 0.929 bits per heavy atom. The van der Waals surface area contributed by atoms with Gasteiger partial charge in [0.05, 0.1) is 5.56 Å². The Morgan fingerprint density at radius 2 is 1.61 bits per heavy atom. The van der Waals surface area contributed by atoms with Crippen molar-refractivity contribution in [3.63, 3.8) is 0 Å². The van der Waals surface area contributed by atoms with Crippen molar-refractivity contribution in [3.05, 3.63) is 101 Å². The molecule has 0 fully saturated rings. The van der Waals surface area contributed by atoms with Crippen molar-refractivity contribution in [2.75, 3.05) is 5.32 Å². The third-order valence-electron chi connectivity index (χ3n) is 4.31. The minimum atomic E-state index is -1.21. The van der Waals surface area contributed by atoms with Crippen molar-refractivity contribution in [2.24, 2.45) is 0 Å². The third-order valence-corrected chi connectivity index (χ3v) is 4.31. The van der Waals surface area contributed by atoms with Gasteiger partial charge in [-0.2, -0.15) is 0 Å².